The van der Waals surface area contributed by atoms with Gasteiger partial charge in [0.1, 0.15) is 5.75 Å². The van der Waals surface area contributed by atoms with E-state index in [1.807, 2.05) is 61.5 Å². The second kappa shape index (κ2) is 8.12. The van der Waals surface area contributed by atoms with Crippen molar-refractivity contribution in [2.45, 2.75) is 13.3 Å². The second-order valence-corrected chi connectivity index (χ2v) is 5.98. The lowest BCUT2D eigenvalue weighted by molar-refractivity contribution is -0.133. The molecule has 0 atom stereocenters. The van der Waals surface area contributed by atoms with Crippen LogP contribution < -0.4 is 10.1 Å². The van der Waals surface area contributed by atoms with Crippen LogP contribution in [0.15, 0.2) is 78.9 Å². The normalized spacial score (nSPS) is 10.2. The number of benzene rings is 3. The van der Waals surface area contributed by atoms with Gasteiger partial charge in [0.15, 0.2) is 0 Å². The van der Waals surface area contributed by atoms with E-state index in [2.05, 4.69) is 5.32 Å². The molecule has 3 aromatic carbocycles. The fourth-order valence-electron chi connectivity index (χ4n) is 2.44. The molecule has 0 fully saturated rings. The number of aryl methyl sites for hydroxylation is 1. The molecule has 0 unspecified atom stereocenters. The lowest BCUT2D eigenvalue weighted by Crippen LogP contribution is -2.13. The molecular formula is C22H19NO3. The van der Waals surface area contributed by atoms with E-state index in [9.17, 15) is 9.59 Å². The zero-order chi connectivity index (χ0) is 18.4. The number of amides is 1. The van der Waals surface area contributed by atoms with Gasteiger partial charge in [-0.1, -0.05) is 48.0 Å². The number of anilines is 1. The van der Waals surface area contributed by atoms with E-state index >= 15 is 0 Å². The molecule has 0 saturated carbocycles. The van der Waals surface area contributed by atoms with Crippen LogP contribution in [-0.2, 0) is 11.2 Å². The average Bonchev–Trinajstić information content (AvgIpc) is 2.65. The zero-order valence-electron chi connectivity index (χ0n) is 14.4. The summed E-state index contributed by atoms with van der Waals surface area (Å²) in [5.41, 5.74) is 3.25. The van der Waals surface area contributed by atoms with E-state index in [4.69, 9.17) is 4.74 Å². The van der Waals surface area contributed by atoms with Gasteiger partial charge in [0, 0.05) is 11.3 Å². The summed E-state index contributed by atoms with van der Waals surface area (Å²) in [5.74, 6) is -0.137. The highest BCUT2D eigenvalue weighted by Gasteiger charge is 2.09. The molecule has 130 valence electrons. The minimum absolute atomic E-state index is 0.205. The smallest absolute Gasteiger partial charge is 0.315 e. The maximum atomic E-state index is 12.3. The van der Waals surface area contributed by atoms with Crippen molar-refractivity contribution in [1.29, 1.82) is 0 Å². The second-order valence-electron chi connectivity index (χ2n) is 5.98. The molecule has 0 aliphatic rings. The first-order valence-electron chi connectivity index (χ1n) is 8.33. The first-order valence-corrected chi connectivity index (χ1v) is 8.33. The van der Waals surface area contributed by atoms with Crippen molar-refractivity contribution in [3.8, 4) is 5.75 Å². The highest BCUT2D eigenvalue weighted by atomic mass is 16.5. The first kappa shape index (κ1) is 17.4. The van der Waals surface area contributed by atoms with Gasteiger partial charge in [-0.25, -0.2) is 0 Å². The number of nitrogens with one attached hydrogen (secondary N) is 1. The summed E-state index contributed by atoms with van der Waals surface area (Å²) in [5, 5.41) is 2.83. The number of hydrogen-bond acceptors (Lipinski definition) is 3. The molecule has 0 saturated heterocycles. The molecule has 4 heteroatoms. The summed E-state index contributed by atoms with van der Waals surface area (Å²) in [6, 6.07) is 23.5. The fraction of sp³-hybridized carbons (Fsp3) is 0.0909. The van der Waals surface area contributed by atoms with Crippen LogP contribution in [0.4, 0.5) is 5.69 Å². The molecular weight excluding hydrogens is 326 g/mol. The number of carbonyl (C=O) groups is 2. The number of esters is 1. The Morgan fingerprint density at radius 1 is 0.846 bits per heavy atom. The molecule has 1 N–H and O–H groups in total. The Hall–Kier alpha value is -3.40. The standard InChI is InChI=1S/C22H19NO3/c1-16-7-11-19(12-8-16)23-22(25)18-9-13-20(14-10-18)26-21(24)15-17-5-3-2-4-6-17/h2-14H,15H2,1H3,(H,23,25). The van der Waals surface area contributed by atoms with Gasteiger partial charge in [-0.05, 0) is 48.9 Å². The largest absolute Gasteiger partial charge is 0.426 e. The number of carbonyl (C=O) groups excluding carboxylic acids is 2. The highest BCUT2D eigenvalue weighted by Crippen LogP contribution is 2.15. The molecule has 3 aromatic rings. The van der Waals surface area contributed by atoms with Gasteiger partial charge in [0.25, 0.3) is 5.91 Å². The van der Waals surface area contributed by atoms with Crippen molar-refractivity contribution in [3.05, 3.63) is 95.6 Å². The summed E-state index contributed by atoms with van der Waals surface area (Å²) in [4.78, 5) is 24.2. The van der Waals surface area contributed by atoms with Crippen LogP contribution in [0.5, 0.6) is 5.75 Å². The first-order chi connectivity index (χ1) is 12.6. The predicted octanol–water partition coefficient (Wildman–Crippen LogP) is 4.40. The van der Waals surface area contributed by atoms with Gasteiger partial charge in [-0.3, -0.25) is 9.59 Å². The zero-order valence-corrected chi connectivity index (χ0v) is 14.4. The Morgan fingerprint density at radius 2 is 1.50 bits per heavy atom. The fourth-order valence-corrected chi connectivity index (χ4v) is 2.44. The number of ether oxygens (including phenoxy) is 1. The summed E-state index contributed by atoms with van der Waals surface area (Å²) >= 11 is 0. The molecule has 3 rings (SSSR count). The van der Waals surface area contributed by atoms with Crippen molar-refractivity contribution in [3.63, 3.8) is 0 Å². The van der Waals surface area contributed by atoms with Gasteiger partial charge < -0.3 is 10.1 Å². The summed E-state index contributed by atoms with van der Waals surface area (Å²) in [6.45, 7) is 1.99. The third kappa shape index (κ3) is 4.80. The molecule has 0 spiro atoms. The van der Waals surface area contributed by atoms with Crippen LogP contribution in [0.1, 0.15) is 21.5 Å². The highest BCUT2D eigenvalue weighted by molar-refractivity contribution is 6.04. The minimum atomic E-state index is -0.340. The lowest BCUT2D eigenvalue weighted by atomic mass is 10.1. The monoisotopic (exact) mass is 345 g/mol. The van der Waals surface area contributed by atoms with Crippen molar-refractivity contribution in [2.75, 3.05) is 5.32 Å². The maximum absolute atomic E-state index is 12.3. The number of rotatable bonds is 5. The number of hydrogen-bond donors (Lipinski definition) is 1. The van der Waals surface area contributed by atoms with E-state index in [1.54, 1.807) is 24.3 Å². The van der Waals surface area contributed by atoms with E-state index in [1.165, 1.54) is 0 Å². The Labute approximate surface area is 152 Å². The molecule has 0 aliphatic heterocycles. The average molecular weight is 345 g/mol. The third-order valence-electron chi connectivity index (χ3n) is 3.85. The third-order valence-corrected chi connectivity index (χ3v) is 3.85. The van der Waals surface area contributed by atoms with Crippen LogP contribution >= 0.6 is 0 Å². The van der Waals surface area contributed by atoms with Crippen molar-refractivity contribution >= 4 is 17.6 Å². The van der Waals surface area contributed by atoms with Crippen LogP contribution in [0.25, 0.3) is 0 Å². The Morgan fingerprint density at radius 3 is 2.15 bits per heavy atom. The van der Waals surface area contributed by atoms with Crippen molar-refractivity contribution in [2.24, 2.45) is 0 Å². The van der Waals surface area contributed by atoms with Gasteiger partial charge in [0.05, 0.1) is 6.42 Å². The quantitative estimate of drug-likeness (QED) is 0.551. The van der Waals surface area contributed by atoms with E-state index in [0.29, 0.717) is 11.3 Å². The summed E-state index contributed by atoms with van der Waals surface area (Å²) < 4.78 is 5.31. The Kier molecular flexibility index (Phi) is 5.44. The molecule has 0 heterocycles. The Bertz CT molecular complexity index is 885. The van der Waals surface area contributed by atoms with E-state index in [0.717, 1.165) is 16.8 Å². The Balaban J connectivity index is 1.58. The SMILES string of the molecule is Cc1ccc(NC(=O)c2ccc(OC(=O)Cc3ccccc3)cc2)cc1. The van der Waals surface area contributed by atoms with Crippen LogP contribution in [0, 0.1) is 6.92 Å². The topological polar surface area (TPSA) is 55.4 Å². The minimum Gasteiger partial charge on any atom is -0.426 e. The predicted molar refractivity (Wildman–Crippen MR) is 101 cm³/mol. The molecule has 0 aliphatic carbocycles. The van der Waals surface area contributed by atoms with Crippen LogP contribution in [0.2, 0.25) is 0 Å². The summed E-state index contributed by atoms with van der Waals surface area (Å²) in [7, 11) is 0. The van der Waals surface area contributed by atoms with Gasteiger partial charge in [0.2, 0.25) is 0 Å². The maximum Gasteiger partial charge on any atom is 0.315 e. The molecule has 4 nitrogen and oxygen atoms in total. The van der Waals surface area contributed by atoms with Crippen molar-refractivity contribution in [1.82, 2.24) is 0 Å². The van der Waals surface area contributed by atoms with E-state index in [-0.39, 0.29) is 18.3 Å². The van der Waals surface area contributed by atoms with Gasteiger partial charge in [-0.2, -0.15) is 0 Å². The summed E-state index contributed by atoms with van der Waals surface area (Å²) in [6.07, 6.45) is 0.205. The van der Waals surface area contributed by atoms with Crippen molar-refractivity contribution < 1.29 is 14.3 Å². The van der Waals surface area contributed by atoms with E-state index < -0.39 is 0 Å². The molecule has 0 aromatic heterocycles. The van der Waals surface area contributed by atoms with Crippen LogP contribution in [0.3, 0.4) is 0 Å². The van der Waals surface area contributed by atoms with Gasteiger partial charge in [-0.15, -0.1) is 0 Å². The molecule has 1 amide bonds. The lowest BCUT2D eigenvalue weighted by Gasteiger charge is -2.07. The molecule has 0 bridgehead atoms. The van der Waals surface area contributed by atoms with Crippen LogP contribution in [-0.4, -0.2) is 11.9 Å². The molecule has 26 heavy (non-hydrogen) atoms. The van der Waals surface area contributed by atoms with Gasteiger partial charge >= 0.3 is 5.97 Å². The molecule has 0 radical (unpaired) electrons.